The SMILES string of the molecule is O=C(c1cncc(-c2cn[nH]n2)c1)N1CCc2nc(NC3Cc4ccccc4C3)ncc2C1. The fourth-order valence-corrected chi connectivity index (χ4v) is 4.62. The maximum Gasteiger partial charge on any atom is 0.255 e. The molecule has 1 aliphatic carbocycles. The molecule has 0 spiro atoms. The van der Waals surface area contributed by atoms with E-state index in [1.807, 2.05) is 11.1 Å². The molecule has 0 saturated heterocycles. The standard InChI is InChI=1S/C24H22N8O/c33-23(18-7-17(10-25-11-18)22-13-27-31-30-22)32-6-5-21-19(14-32)12-26-24(29-21)28-20-8-15-3-1-2-4-16(15)9-20/h1-4,7,10-13,20H,5-6,8-9,14H2,(H,26,28,29)(H,27,30,31). The van der Waals surface area contributed by atoms with Crippen LogP contribution in [0.15, 0.2) is 55.1 Å². The van der Waals surface area contributed by atoms with E-state index >= 15 is 0 Å². The molecule has 1 aliphatic heterocycles. The zero-order valence-corrected chi connectivity index (χ0v) is 17.9. The fourth-order valence-electron chi connectivity index (χ4n) is 4.62. The van der Waals surface area contributed by atoms with Gasteiger partial charge in [-0.05, 0) is 30.0 Å². The zero-order valence-electron chi connectivity index (χ0n) is 17.9. The largest absolute Gasteiger partial charge is 0.351 e. The van der Waals surface area contributed by atoms with E-state index in [2.05, 4.69) is 55.0 Å². The van der Waals surface area contributed by atoms with E-state index in [0.717, 1.165) is 29.7 Å². The molecule has 2 N–H and O–H groups in total. The number of aromatic amines is 1. The number of carbonyl (C=O) groups excluding carboxylic acids is 1. The van der Waals surface area contributed by atoms with Crippen LogP contribution in [0.4, 0.5) is 5.95 Å². The predicted octanol–water partition coefficient (Wildman–Crippen LogP) is 2.43. The molecule has 9 nitrogen and oxygen atoms in total. The number of fused-ring (bicyclic) bond motifs is 2. The van der Waals surface area contributed by atoms with Crippen LogP contribution < -0.4 is 5.32 Å². The highest BCUT2D eigenvalue weighted by molar-refractivity contribution is 5.95. The van der Waals surface area contributed by atoms with Crippen LogP contribution in [0.25, 0.3) is 11.3 Å². The first-order chi connectivity index (χ1) is 16.2. The maximum atomic E-state index is 13.1. The number of aromatic nitrogens is 6. The highest BCUT2D eigenvalue weighted by Gasteiger charge is 2.25. The third-order valence-electron chi connectivity index (χ3n) is 6.30. The lowest BCUT2D eigenvalue weighted by Gasteiger charge is -2.28. The summed E-state index contributed by atoms with van der Waals surface area (Å²) in [6, 6.07) is 10.7. The Labute approximate surface area is 190 Å². The minimum atomic E-state index is -0.0654. The van der Waals surface area contributed by atoms with Crippen molar-refractivity contribution in [1.82, 2.24) is 35.3 Å². The summed E-state index contributed by atoms with van der Waals surface area (Å²) >= 11 is 0. The smallest absolute Gasteiger partial charge is 0.255 e. The number of nitrogens with one attached hydrogen (secondary N) is 2. The van der Waals surface area contributed by atoms with Gasteiger partial charge in [0.05, 0.1) is 17.5 Å². The molecule has 0 fully saturated rings. The molecule has 9 heteroatoms. The molecule has 0 unspecified atom stereocenters. The number of hydrogen-bond acceptors (Lipinski definition) is 7. The number of hydrogen-bond donors (Lipinski definition) is 2. The molecule has 1 amide bonds. The first-order valence-electron chi connectivity index (χ1n) is 11.0. The fraction of sp³-hybridized carbons (Fsp3) is 0.250. The van der Waals surface area contributed by atoms with Gasteiger partial charge in [-0.15, -0.1) is 0 Å². The molecule has 0 saturated carbocycles. The Bertz CT molecular complexity index is 1290. The third-order valence-corrected chi connectivity index (χ3v) is 6.30. The molecular formula is C24H22N8O. The Morgan fingerprint density at radius 3 is 2.70 bits per heavy atom. The Hall–Kier alpha value is -4.14. The summed E-state index contributed by atoms with van der Waals surface area (Å²) in [5.41, 5.74) is 6.70. The maximum absolute atomic E-state index is 13.1. The van der Waals surface area contributed by atoms with Gasteiger partial charge in [0.2, 0.25) is 5.95 Å². The van der Waals surface area contributed by atoms with Crippen LogP contribution in [0, 0.1) is 0 Å². The lowest BCUT2D eigenvalue weighted by atomic mass is 10.1. The van der Waals surface area contributed by atoms with Crippen LogP contribution in [0.2, 0.25) is 0 Å². The molecule has 0 radical (unpaired) electrons. The Balaban J connectivity index is 1.14. The van der Waals surface area contributed by atoms with Gasteiger partial charge in [0.1, 0.15) is 5.69 Å². The van der Waals surface area contributed by atoms with Crippen LogP contribution in [0.3, 0.4) is 0 Å². The van der Waals surface area contributed by atoms with Crippen molar-refractivity contribution >= 4 is 11.9 Å². The van der Waals surface area contributed by atoms with Gasteiger partial charge in [0.15, 0.2) is 0 Å². The Morgan fingerprint density at radius 1 is 1.06 bits per heavy atom. The lowest BCUT2D eigenvalue weighted by Crippen LogP contribution is -2.36. The van der Waals surface area contributed by atoms with Gasteiger partial charge in [0, 0.05) is 55.3 Å². The van der Waals surface area contributed by atoms with Gasteiger partial charge >= 0.3 is 0 Å². The van der Waals surface area contributed by atoms with E-state index in [1.54, 1.807) is 24.7 Å². The first-order valence-corrected chi connectivity index (χ1v) is 11.0. The molecule has 164 valence electrons. The second-order valence-electron chi connectivity index (χ2n) is 8.48. The van der Waals surface area contributed by atoms with Crippen LogP contribution in [-0.4, -0.2) is 53.8 Å². The Morgan fingerprint density at radius 2 is 1.91 bits per heavy atom. The van der Waals surface area contributed by atoms with Crippen LogP contribution in [0.5, 0.6) is 0 Å². The van der Waals surface area contributed by atoms with E-state index in [9.17, 15) is 4.79 Å². The summed E-state index contributed by atoms with van der Waals surface area (Å²) in [6.07, 6.45) is 9.38. The quantitative estimate of drug-likeness (QED) is 0.503. The topological polar surface area (TPSA) is 113 Å². The summed E-state index contributed by atoms with van der Waals surface area (Å²) in [5, 5.41) is 14.0. The van der Waals surface area contributed by atoms with E-state index in [4.69, 9.17) is 4.98 Å². The zero-order chi connectivity index (χ0) is 22.2. The van der Waals surface area contributed by atoms with Crippen molar-refractivity contribution in [3.8, 4) is 11.3 Å². The van der Waals surface area contributed by atoms with Crippen molar-refractivity contribution in [3.05, 3.63) is 83.1 Å². The molecule has 0 atom stereocenters. The molecule has 2 aliphatic rings. The summed E-state index contributed by atoms with van der Waals surface area (Å²) in [5.74, 6) is 0.597. The van der Waals surface area contributed by atoms with E-state index in [1.165, 1.54) is 11.1 Å². The average Bonchev–Trinajstić information content (AvgIpc) is 3.53. The molecule has 6 rings (SSSR count). The normalized spacial score (nSPS) is 15.2. The molecular weight excluding hydrogens is 416 g/mol. The summed E-state index contributed by atoms with van der Waals surface area (Å²) in [7, 11) is 0. The predicted molar refractivity (Wildman–Crippen MR) is 121 cm³/mol. The third kappa shape index (κ3) is 3.82. The molecule has 33 heavy (non-hydrogen) atoms. The number of rotatable bonds is 4. The van der Waals surface area contributed by atoms with Gasteiger partial charge in [-0.2, -0.15) is 15.4 Å². The van der Waals surface area contributed by atoms with Gasteiger partial charge < -0.3 is 10.2 Å². The molecule has 0 bridgehead atoms. The molecule has 1 aromatic carbocycles. The van der Waals surface area contributed by atoms with Gasteiger partial charge in [-0.25, -0.2) is 9.97 Å². The van der Waals surface area contributed by atoms with Crippen molar-refractivity contribution in [3.63, 3.8) is 0 Å². The van der Waals surface area contributed by atoms with E-state index in [0.29, 0.717) is 42.8 Å². The summed E-state index contributed by atoms with van der Waals surface area (Å²) in [6.45, 7) is 1.09. The molecule has 4 heterocycles. The molecule has 3 aromatic heterocycles. The van der Waals surface area contributed by atoms with Crippen LogP contribution in [-0.2, 0) is 25.8 Å². The van der Waals surface area contributed by atoms with Crippen molar-refractivity contribution < 1.29 is 4.79 Å². The number of pyridine rings is 1. The van der Waals surface area contributed by atoms with Crippen molar-refractivity contribution in [2.24, 2.45) is 0 Å². The number of benzene rings is 1. The lowest BCUT2D eigenvalue weighted by molar-refractivity contribution is 0.0733. The summed E-state index contributed by atoms with van der Waals surface area (Å²) < 4.78 is 0. The van der Waals surface area contributed by atoms with E-state index < -0.39 is 0 Å². The van der Waals surface area contributed by atoms with Crippen molar-refractivity contribution in [2.75, 3.05) is 11.9 Å². The number of carbonyl (C=O) groups is 1. The minimum absolute atomic E-state index is 0.0654. The highest BCUT2D eigenvalue weighted by atomic mass is 16.2. The van der Waals surface area contributed by atoms with Crippen LogP contribution in [0.1, 0.15) is 32.7 Å². The van der Waals surface area contributed by atoms with Crippen LogP contribution >= 0.6 is 0 Å². The molecule has 4 aromatic rings. The number of nitrogens with zero attached hydrogens (tertiary/aromatic N) is 6. The second kappa shape index (κ2) is 8.09. The van der Waals surface area contributed by atoms with Gasteiger partial charge in [0.25, 0.3) is 5.91 Å². The van der Waals surface area contributed by atoms with E-state index in [-0.39, 0.29) is 5.91 Å². The summed E-state index contributed by atoms with van der Waals surface area (Å²) in [4.78, 5) is 28.5. The first kappa shape index (κ1) is 19.5. The minimum Gasteiger partial charge on any atom is -0.351 e. The second-order valence-corrected chi connectivity index (χ2v) is 8.48. The van der Waals surface area contributed by atoms with Crippen molar-refractivity contribution in [2.45, 2.75) is 31.8 Å². The highest BCUT2D eigenvalue weighted by Crippen LogP contribution is 2.25. The Kier molecular flexibility index (Phi) is 4.79. The number of anilines is 1. The number of H-pyrrole nitrogens is 1. The van der Waals surface area contributed by atoms with Gasteiger partial charge in [-0.3, -0.25) is 9.78 Å². The number of amides is 1. The monoisotopic (exact) mass is 438 g/mol. The van der Waals surface area contributed by atoms with Crippen molar-refractivity contribution in [1.29, 1.82) is 0 Å². The average molecular weight is 438 g/mol. The van der Waals surface area contributed by atoms with Gasteiger partial charge in [-0.1, -0.05) is 24.3 Å².